The summed E-state index contributed by atoms with van der Waals surface area (Å²) in [5, 5.41) is 9.53. The van der Waals surface area contributed by atoms with Crippen molar-refractivity contribution < 1.29 is 14.3 Å². The van der Waals surface area contributed by atoms with Gasteiger partial charge in [-0.3, -0.25) is 14.5 Å². The molecule has 1 unspecified atom stereocenters. The predicted octanol–water partition coefficient (Wildman–Crippen LogP) is 4.05. The van der Waals surface area contributed by atoms with Crippen molar-refractivity contribution in [3.05, 3.63) is 82.4 Å². The Morgan fingerprint density at radius 1 is 1.04 bits per heavy atom. The fourth-order valence-corrected chi connectivity index (χ4v) is 3.20. The molecule has 0 radical (unpaired) electrons. The summed E-state index contributed by atoms with van der Waals surface area (Å²) in [4.78, 5) is 27.2. The molecule has 0 fully saturated rings. The number of carbonyl (C=O) groups excluding carboxylic acids is 2. The molecule has 5 nitrogen and oxygen atoms in total. The van der Waals surface area contributed by atoms with Gasteiger partial charge in [0.15, 0.2) is 0 Å². The zero-order valence-corrected chi connectivity index (χ0v) is 16.0. The maximum Gasteiger partial charge on any atom is 0.272 e. The van der Waals surface area contributed by atoms with Crippen molar-refractivity contribution in [2.24, 2.45) is 0 Å². The zero-order chi connectivity index (χ0) is 20.3. The first kappa shape index (κ1) is 19.1. The van der Waals surface area contributed by atoms with Crippen molar-refractivity contribution in [1.82, 2.24) is 4.90 Å². The summed E-state index contributed by atoms with van der Waals surface area (Å²) < 4.78 is 5.15. The molecule has 3 rings (SSSR count). The molecule has 2 aromatic carbocycles. The second-order valence-electron chi connectivity index (χ2n) is 6.51. The number of hydrogen-bond donors (Lipinski definition) is 0. The van der Waals surface area contributed by atoms with E-state index in [-0.39, 0.29) is 5.57 Å². The van der Waals surface area contributed by atoms with Crippen LogP contribution in [0.4, 0.5) is 0 Å². The summed E-state index contributed by atoms with van der Waals surface area (Å²) in [6.07, 6.45) is 1.70. The van der Waals surface area contributed by atoms with Crippen molar-refractivity contribution in [2.45, 2.75) is 19.9 Å². The van der Waals surface area contributed by atoms with Gasteiger partial charge in [-0.2, -0.15) is 5.26 Å². The number of nitrogens with zero attached hydrogens (tertiary/aromatic N) is 2. The lowest BCUT2D eigenvalue weighted by Crippen LogP contribution is -2.44. The maximum absolute atomic E-state index is 13.2. The summed E-state index contributed by atoms with van der Waals surface area (Å²) in [6.45, 7) is 3.42. The Bertz CT molecular complexity index is 1010. The minimum Gasteiger partial charge on any atom is -0.497 e. The highest BCUT2D eigenvalue weighted by Gasteiger charge is 2.38. The van der Waals surface area contributed by atoms with Gasteiger partial charge in [-0.25, -0.2) is 0 Å². The van der Waals surface area contributed by atoms with E-state index in [1.165, 1.54) is 0 Å². The molecule has 1 atom stereocenters. The number of amides is 2. The average molecular weight is 372 g/mol. The normalized spacial score (nSPS) is 16.9. The number of imide groups is 1. The van der Waals surface area contributed by atoms with E-state index in [4.69, 9.17) is 4.74 Å². The molecule has 0 aromatic heterocycles. The Hall–Kier alpha value is -3.65. The number of rotatable bonds is 4. The summed E-state index contributed by atoms with van der Waals surface area (Å²) in [7, 11) is 1.58. The van der Waals surface area contributed by atoms with Crippen LogP contribution in [0.1, 0.15) is 31.0 Å². The third-order valence-corrected chi connectivity index (χ3v) is 4.87. The van der Waals surface area contributed by atoms with Crippen molar-refractivity contribution in [2.75, 3.05) is 7.11 Å². The van der Waals surface area contributed by atoms with Crippen LogP contribution in [-0.2, 0) is 9.59 Å². The van der Waals surface area contributed by atoms with Crippen LogP contribution in [0, 0.1) is 11.3 Å². The van der Waals surface area contributed by atoms with Gasteiger partial charge in [-0.1, -0.05) is 42.5 Å². The van der Waals surface area contributed by atoms with Gasteiger partial charge in [0.2, 0.25) is 0 Å². The Morgan fingerprint density at radius 3 is 2.25 bits per heavy atom. The molecule has 2 aromatic rings. The Morgan fingerprint density at radius 2 is 1.68 bits per heavy atom. The number of methoxy groups -OCH3 is 1. The van der Waals surface area contributed by atoms with E-state index in [1.807, 2.05) is 48.5 Å². The summed E-state index contributed by atoms with van der Waals surface area (Å²) >= 11 is 0. The van der Waals surface area contributed by atoms with Crippen LogP contribution >= 0.6 is 0 Å². The highest BCUT2D eigenvalue weighted by Crippen LogP contribution is 2.32. The minimum absolute atomic E-state index is 0.0119. The minimum atomic E-state index is -0.562. The van der Waals surface area contributed by atoms with Gasteiger partial charge in [-0.05, 0) is 48.8 Å². The summed E-state index contributed by atoms with van der Waals surface area (Å²) in [5.41, 5.74) is 2.32. The second kappa shape index (κ2) is 7.93. The van der Waals surface area contributed by atoms with Crippen LogP contribution < -0.4 is 4.74 Å². The molecule has 0 saturated carbocycles. The van der Waals surface area contributed by atoms with E-state index in [9.17, 15) is 14.9 Å². The molecule has 0 saturated heterocycles. The van der Waals surface area contributed by atoms with Crippen molar-refractivity contribution >= 4 is 17.9 Å². The molecular weight excluding hydrogens is 352 g/mol. The quantitative estimate of drug-likeness (QED) is 0.600. The molecule has 140 valence electrons. The molecule has 1 aliphatic rings. The molecule has 28 heavy (non-hydrogen) atoms. The summed E-state index contributed by atoms with van der Waals surface area (Å²) in [5.74, 6) is -0.265. The Balaban J connectivity index is 2.08. The zero-order valence-electron chi connectivity index (χ0n) is 16.0. The van der Waals surface area contributed by atoms with E-state index < -0.39 is 17.9 Å². The SMILES string of the molecule is COc1ccc(/C=C2/C(=O)N(C(C)c3ccccc3)C(=O)C(C#N)=C2C)cc1. The number of hydrogen-bond acceptors (Lipinski definition) is 4. The van der Waals surface area contributed by atoms with Gasteiger partial charge < -0.3 is 4.74 Å². The standard InChI is InChI=1S/C23H20N2O3/c1-15-20(13-17-9-11-19(28-3)12-10-17)22(26)25(23(27)21(15)14-24)16(2)18-7-5-4-6-8-18/h4-13,16H,1-3H3/b20-13+. The molecule has 1 aliphatic heterocycles. The van der Waals surface area contributed by atoms with Gasteiger partial charge in [0.05, 0.1) is 13.2 Å². The molecule has 0 N–H and O–H groups in total. The summed E-state index contributed by atoms with van der Waals surface area (Å²) in [6, 6.07) is 18.0. The van der Waals surface area contributed by atoms with Crippen LogP contribution in [0.15, 0.2) is 71.3 Å². The number of ether oxygens (including phenoxy) is 1. The topological polar surface area (TPSA) is 70.4 Å². The van der Waals surface area contributed by atoms with Crippen LogP contribution in [0.2, 0.25) is 0 Å². The highest BCUT2D eigenvalue weighted by atomic mass is 16.5. The monoisotopic (exact) mass is 372 g/mol. The van der Waals surface area contributed by atoms with E-state index in [2.05, 4.69) is 0 Å². The van der Waals surface area contributed by atoms with Gasteiger partial charge in [0.1, 0.15) is 17.4 Å². The largest absolute Gasteiger partial charge is 0.497 e. The van der Waals surface area contributed by atoms with Crippen LogP contribution in [0.3, 0.4) is 0 Å². The fourth-order valence-electron chi connectivity index (χ4n) is 3.20. The lowest BCUT2D eigenvalue weighted by atomic mass is 9.91. The van der Waals surface area contributed by atoms with Crippen molar-refractivity contribution in [3.63, 3.8) is 0 Å². The van der Waals surface area contributed by atoms with E-state index in [0.717, 1.165) is 16.0 Å². The third kappa shape index (κ3) is 3.45. The first-order valence-corrected chi connectivity index (χ1v) is 8.88. The average Bonchev–Trinajstić information content (AvgIpc) is 2.72. The molecule has 0 aliphatic carbocycles. The molecule has 1 heterocycles. The first-order valence-electron chi connectivity index (χ1n) is 8.88. The molecular formula is C23H20N2O3. The fraction of sp³-hybridized carbons (Fsp3) is 0.174. The molecule has 0 bridgehead atoms. The van der Waals surface area contributed by atoms with Gasteiger partial charge in [-0.15, -0.1) is 0 Å². The van der Waals surface area contributed by atoms with Crippen molar-refractivity contribution in [1.29, 1.82) is 5.26 Å². The van der Waals surface area contributed by atoms with Crippen LogP contribution in [-0.4, -0.2) is 23.8 Å². The second-order valence-corrected chi connectivity index (χ2v) is 6.51. The van der Waals surface area contributed by atoms with Gasteiger partial charge in [0.25, 0.3) is 11.8 Å². The number of benzene rings is 2. The Kier molecular flexibility index (Phi) is 5.42. The van der Waals surface area contributed by atoms with Gasteiger partial charge >= 0.3 is 0 Å². The van der Waals surface area contributed by atoms with E-state index >= 15 is 0 Å². The number of carbonyl (C=O) groups is 2. The molecule has 0 spiro atoms. The van der Waals surface area contributed by atoms with Crippen LogP contribution in [0.5, 0.6) is 5.75 Å². The lowest BCUT2D eigenvalue weighted by Gasteiger charge is -2.32. The number of nitriles is 1. The first-order chi connectivity index (χ1) is 13.5. The Labute approximate surface area is 164 Å². The maximum atomic E-state index is 13.2. The van der Waals surface area contributed by atoms with Crippen LogP contribution in [0.25, 0.3) is 6.08 Å². The van der Waals surface area contributed by atoms with E-state index in [0.29, 0.717) is 16.9 Å². The smallest absolute Gasteiger partial charge is 0.272 e. The highest BCUT2D eigenvalue weighted by molar-refractivity contribution is 6.19. The van der Waals surface area contributed by atoms with Gasteiger partial charge in [0, 0.05) is 5.57 Å². The molecule has 2 amide bonds. The van der Waals surface area contributed by atoms with E-state index in [1.54, 1.807) is 39.2 Å². The predicted molar refractivity (Wildman–Crippen MR) is 106 cm³/mol. The molecule has 5 heteroatoms. The third-order valence-electron chi connectivity index (χ3n) is 4.87. The van der Waals surface area contributed by atoms with Crippen molar-refractivity contribution in [3.8, 4) is 11.8 Å². The lowest BCUT2D eigenvalue weighted by molar-refractivity contribution is -0.143.